The van der Waals surface area contributed by atoms with Crippen LogP contribution in [0.4, 0.5) is 5.82 Å². The average molecular weight is 227 g/mol. The van der Waals surface area contributed by atoms with Gasteiger partial charge < -0.3 is 0 Å². The molecule has 1 aromatic heterocycles. The molecular weight excluding hydrogens is 210 g/mol. The van der Waals surface area contributed by atoms with Gasteiger partial charge in [-0.15, -0.1) is 0 Å². The summed E-state index contributed by atoms with van der Waals surface area (Å²) in [5, 5.41) is 0. The summed E-state index contributed by atoms with van der Waals surface area (Å²) in [4.78, 5) is 8.37. The Balaban J connectivity index is 3.21. The van der Waals surface area contributed by atoms with E-state index in [0.717, 1.165) is 5.69 Å². The quantitative estimate of drug-likeness (QED) is 0.738. The van der Waals surface area contributed by atoms with Crippen LogP contribution >= 0.6 is 0 Å². The Morgan fingerprint density at radius 1 is 1.27 bits per heavy atom. The van der Waals surface area contributed by atoms with Gasteiger partial charge in [-0.1, -0.05) is 20.8 Å². The van der Waals surface area contributed by atoms with Crippen LogP contribution in [-0.4, -0.2) is 26.7 Å². The lowest BCUT2D eigenvalue weighted by molar-refractivity contribution is 0.566. The highest BCUT2D eigenvalue weighted by molar-refractivity contribution is 7.92. The van der Waals surface area contributed by atoms with Gasteiger partial charge in [0.2, 0.25) is 0 Å². The third-order valence-electron chi connectivity index (χ3n) is 1.70. The summed E-state index contributed by atoms with van der Waals surface area (Å²) in [6.45, 7) is 6.15. The van der Waals surface area contributed by atoms with E-state index in [1.807, 2.05) is 0 Å². The molecule has 1 heterocycles. The lowest BCUT2D eigenvalue weighted by atomic mass is 9.93. The van der Waals surface area contributed by atoms with Gasteiger partial charge in [0.1, 0.15) is 0 Å². The number of rotatable bonds is 1. The largest absolute Gasteiger partial charge is 0.259 e. The Hall–Kier alpha value is -0.970. The minimum Gasteiger partial charge on any atom is -0.259 e. The van der Waals surface area contributed by atoms with Crippen LogP contribution in [0.2, 0.25) is 0 Å². The van der Waals surface area contributed by atoms with Crippen LogP contribution in [0.5, 0.6) is 0 Å². The second-order valence-electron chi connectivity index (χ2n) is 4.79. The van der Waals surface area contributed by atoms with Gasteiger partial charge in [0, 0.05) is 33.9 Å². The molecular formula is C10H17N3OS. The summed E-state index contributed by atoms with van der Waals surface area (Å²) in [5.74, 6) is 0.442. The topological polar surface area (TPSA) is 55.2 Å². The number of nitrogens with zero attached hydrogens (tertiary/aromatic N) is 3. The molecule has 0 aliphatic carbocycles. The molecule has 0 radical (unpaired) electrons. The molecule has 0 amide bonds. The maximum atomic E-state index is 11.5. The molecule has 0 N–H and O–H groups in total. The van der Waals surface area contributed by atoms with Gasteiger partial charge in [0.15, 0.2) is 5.82 Å². The third kappa shape index (κ3) is 3.95. The summed E-state index contributed by atoms with van der Waals surface area (Å²) in [7, 11) is -2.17. The summed E-state index contributed by atoms with van der Waals surface area (Å²) in [6.07, 6.45) is 6.41. The standard InChI is InChI=1S/C10H17N3OS/c1-10(2,3)8-6-11-7-9(12-8)13-15(4,5)14/h6-7H,1-5H3. The number of hydrogen-bond acceptors (Lipinski definition) is 4. The van der Waals surface area contributed by atoms with Gasteiger partial charge in [-0.25, -0.2) is 9.19 Å². The van der Waals surface area contributed by atoms with Gasteiger partial charge in [-0.3, -0.25) is 4.98 Å². The van der Waals surface area contributed by atoms with Crippen molar-refractivity contribution < 1.29 is 4.21 Å². The molecule has 0 saturated carbocycles. The molecule has 1 rings (SSSR count). The van der Waals surface area contributed by atoms with Crippen molar-refractivity contribution in [2.24, 2.45) is 4.36 Å². The highest BCUT2D eigenvalue weighted by Gasteiger charge is 2.16. The fraction of sp³-hybridized carbons (Fsp3) is 0.600. The van der Waals surface area contributed by atoms with Crippen LogP contribution in [0.15, 0.2) is 16.8 Å². The summed E-state index contributed by atoms with van der Waals surface area (Å²) in [5.41, 5.74) is 0.786. The highest BCUT2D eigenvalue weighted by Crippen LogP contribution is 2.21. The summed E-state index contributed by atoms with van der Waals surface area (Å²) < 4.78 is 15.5. The lowest BCUT2D eigenvalue weighted by Gasteiger charge is -2.16. The Morgan fingerprint density at radius 2 is 1.87 bits per heavy atom. The summed E-state index contributed by atoms with van der Waals surface area (Å²) >= 11 is 0. The molecule has 0 fully saturated rings. The van der Waals surface area contributed by atoms with Crippen molar-refractivity contribution in [3.63, 3.8) is 0 Å². The van der Waals surface area contributed by atoms with Crippen LogP contribution in [-0.2, 0) is 15.1 Å². The normalized spacial score (nSPS) is 12.6. The van der Waals surface area contributed by atoms with E-state index in [1.165, 1.54) is 6.20 Å². The minimum absolute atomic E-state index is 0.0686. The van der Waals surface area contributed by atoms with E-state index in [9.17, 15) is 4.21 Å². The van der Waals surface area contributed by atoms with E-state index in [0.29, 0.717) is 5.82 Å². The Kier molecular flexibility index (Phi) is 3.13. The van der Waals surface area contributed by atoms with E-state index < -0.39 is 9.73 Å². The second-order valence-corrected chi connectivity index (χ2v) is 7.33. The number of hydrogen-bond donors (Lipinski definition) is 0. The Bertz CT molecular complexity index is 460. The monoisotopic (exact) mass is 227 g/mol. The van der Waals surface area contributed by atoms with Crippen LogP contribution < -0.4 is 0 Å². The second kappa shape index (κ2) is 3.89. The smallest absolute Gasteiger partial charge is 0.180 e. The summed E-state index contributed by atoms with van der Waals surface area (Å²) in [6, 6.07) is 0. The van der Waals surface area contributed by atoms with E-state index in [1.54, 1.807) is 18.7 Å². The zero-order valence-electron chi connectivity index (χ0n) is 9.81. The first kappa shape index (κ1) is 12.1. The van der Waals surface area contributed by atoms with Crippen molar-refractivity contribution >= 4 is 15.5 Å². The fourth-order valence-electron chi connectivity index (χ4n) is 0.986. The first-order valence-electron chi connectivity index (χ1n) is 4.68. The van der Waals surface area contributed by atoms with E-state index in [-0.39, 0.29) is 5.41 Å². The molecule has 5 heteroatoms. The first-order valence-corrected chi connectivity index (χ1v) is 7.01. The SMILES string of the molecule is CC(C)(C)c1cncc(N=S(C)(C)=O)n1. The van der Waals surface area contributed by atoms with Crippen LogP contribution in [0.3, 0.4) is 0 Å². The predicted octanol–water partition coefficient (Wildman–Crippen LogP) is 2.13. The Morgan fingerprint density at radius 3 is 2.33 bits per heavy atom. The zero-order chi connectivity index (χ0) is 11.7. The molecule has 0 spiro atoms. The molecule has 0 aliphatic rings. The highest BCUT2D eigenvalue weighted by atomic mass is 32.2. The van der Waals surface area contributed by atoms with E-state index in [4.69, 9.17) is 0 Å². The van der Waals surface area contributed by atoms with Crippen molar-refractivity contribution in [1.29, 1.82) is 0 Å². The van der Waals surface area contributed by atoms with Gasteiger partial charge in [-0.2, -0.15) is 4.36 Å². The zero-order valence-corrected chi connectivity index (χ0v) is 10.6. The predicted molar refractivity (Wildman–Crippen MR) is 62.8 cm³/mol. The molecule has 0 aromatic carbocycles. The third-order valence-corrected chi connectivity index (χ3v) is 2.33. The van der Waals surface area contributed by atoms with E-state index >= 15 is 0 Å². The molecule has 4 nitrogen and oxygen atoms in total. The van der Waals surface area contributed by atoms with Gasteiger partial charge in [0.25, 0.3) is 0 Å². The molecule has 0 atom stereocenters. The fourth-order valence-corrected chi connectivity index (χ4v) is 1.52. The van der Waals surface area contributed by atoms with Gasteiger partial charge in [0.05, 0.1) is 11.9 Å². The average Bonchev–Trinajstić information content (AvgIpc) is 1.99. The molecule has 0 bridgehead atoms. The maximum Gasteiger partial charge on any atom is 0.180 e. The molecule has 0 unspecified atom stereocenters. The van der Waals surface area contributed by atoms with Gasteiger partial charge in [-0.05, 0) is 0 Å². The molecule has 0 aliphatic heterocycles. The van der Waals surface area contributed by atoms with Crippen LogP contribution in [0.25, 0.3) is 0 Å². The van der Waals surface area contributed by atoms with Crippen LogP contribution in [0.1, 0.15) is 26.5 Å². The Labute approximate surface area is 91.3 Å². The lowest BCUT2D eigenvalue weighted by Crippen LogP contribution is -2.13. The molecule has 1 aromatic rings. The van der Waals surface area contributed by atoms with Crippen molar-refractivity contribution in [3.8, 4) is 0 Å². The number of aromatic nitrogens is 2. The van der Waals surface area contributed by atoms with Gasteiger partial charge >= 0.3 is 0 Å². The maximum absolute atomic E-state index is 11.5. The van der Waals surface area contributed by atoms with Crippen molar-refractivity contribution in [3.05, 3.63) is 18.1 Å². The molecule has 0 saturated heterocycles. The van der Waals surface area contributed by atoms with Crippen molar-refractivity contribution in [1.82, 2.24) is 9.97 Å². The minimum atomic E-state index is -2.17. The molecule has 84 valence electrons. The van der Waals surface area contributed by atoms with E-state index in [2.05, 4.69) is 35.1 Å². The van der Waals surface area contributed by atoms with Crippen molar-refractivity contribution in [2.45, 2.75) is 26.2 Å². The van der Waals surface area contributed by atoms with Crippen molar-refractivity contribution in [2.75, 3.05) is 12.5 Å². The first-order chi connectivity index (χ1) is 6.68. The van der Waals surface area contributed by atoms with Crippen LogP contribution in [0, 0.1) is 0 Å². The molecule has 15 heavy (non-hydrogen) atoms.